The molecule has 0 aliphatic rings. The van der Waals surface area contributed by atoms with Crippen LogP contribution in [0.5, 0.6) is 0 Å². The van der Waals surface area contributed by atoms with Gasteiger partial charge in [0.05, 0.1) is 0 Å². The summed E-state index contributed by atoms with van der Waals surface area (Å²) in [6.45, 7) is 0. The van der Waals surface area contributed by atoms with E-state index in [1.807, 2.05) is 0 Å². The van der Waals surface area contributed by atoms with E-state index in [-0.39, 0.29) is 103 Å². The van der Waals surface area contributed by atoms with E-state index in [2.05, 4.69) is 0 Å². The van der Waals surface area contributed by atoms with Gasteiger partial charge in [0.25, 0.3) is 0 Å². The molecule has 0 aliphatic carbocycles. The van der Waals surface area contributed by atoms with Crippen molar-refractivity contribution in [2.45, 2.75) is 0 Å². The Bertz CT molecular complexity index is 25.2. The molecule has 0 unspecified atom stereocenters. The molecule has 0 saturated heterocycles. The number of hydrogen-bond acceptors (Lipinski definition) is 0. The van der Waals surface area contributed by atoms with Crippen LogP contribution >= 0.6 is 40.4 Å². The van der Waals surface area contributed by atoms with Crippen molar-refractivity contribution in [2.24, 2.45) is 0 Å². The van der Waals surface area contributed by atoms with E-state index in [1.165, 1.54) is 0 Å². The number of rotatable bonds is 0. The van der Waals surface area contributed by atoms with Crippen LogP contribution in [0.2, 0.25) is 0 Å². The Morgan fingerprint density at radius 1 is 0.714 bits per heavy atom. The predicted octanol–water partition coefficient (Wildman–Crippen LogP) is -3.24. The van der Waals surface area contributed by atoms with Gasteiger partial charge in [0.2, 0.25) is 0 Å². The van der Waals surface area contributed by atoms with Gasteiger partial charge in [0.15, 0.2) is 0 Å². The molecule has 0 atom stereocenters. The van der Waals surface area contributed by atoms with Crippen molar-refractivity contribution in [3.8, 4) is 0 Å². The Kier molecular flexibility index (Phi) is 23.1. The Morgan fingerprint density at radius 2 is 0.714 bits per heavy atom. The van der Waals surface area contributed by atoms with E-state index in [4.69, 9.17) is 40.4 Å². The summed E-state index contributed by atoms with van der Waals surface area (Å²) in [4.78, 5) is 0. The third-order valence-corrected chi connectivity index (χ3v) is 0. The van der Waals surface area contributed by atoms with Gasteiger partial charge in [-0.3, -0.25) is 0 Å². The van der Waals surface area contributed by atoms with Gasteiger partial charge < -0.3 is 0 Å². The predicted molar refractivity (Wildman–Crippen MR) is 23.4 cm³/mol. The molecule has 0 N–H and O–H groups in total. The molecule has 0 aliphatic heterocycles. The molecule has 0 aromatic heterocycles. The summed E-state index contributed by atoms with van der Waals surface area (Å²) < 4.78 is 0. The van der Waals surface area contributed by atoms with Gasteiger partial charge in [0.1, 0.15) is 0 Å². The van der Waals surface area contributed by atoms with Crippen LogP contribution in [0.15, 0.2) is 0 Å². The van der Waals surface area contributed by atoms with Crippen LogP contribution in [0.25, 0.3) is 0 Å². The van der Waals surface area contributed by atoms with Crippen LogP contribution in [0.4, 0.5) is 0 Å². The molecule has 0 aromatic carbocycles. The Balaban J connectivity index is -0.0000000800. The molecule has 0 rings (SSSR count). The molecule has 7 heavy (non-hydrogen) atoms. The summed E-state index contributed by atoms with van der Waals surface area (Å²) in [6.07, 6.45) is 0. The average molecular weight is 284 g/mol. The fraction of sp³-hybridized carbons (Fsp3) is 0. The SMILES string of the molecule is [Cl][Cu-2]([Cl])([Cl])[Cl].[K+].[K+]. The monoisotopic (exact) mass is 281 g/mol. The maximum Gasteiger partial charge on any atom is 1.00 e. The topological polar surface area (TPSA) is 0 Å². The van der Waals surface area contributed by atoms with Crippen molar-refractivity contribution in [1.29, 1.82) is 0 Å². The van der Waals surface area contributed by atoms with Gasteiger partial charge >= 0.3 is 152 Å². The van der Waals surface area contributed by atoms with Crippen molar-refractivity contribution in [1.82, 2.24) is 0 Å². The first-order valence-corrected chi connectivity index (χ1v) is 5.64. The van der Waals surface area contributed by atoms with Crippen molar-refractivity contribution >= 4 is 40.4 Å². The maximum absolute atomic E-state index is 4.90. The molecule has 0 bridgehead atoms. The zero-order valence-electron chi connectivity index (χ0n) is 3.81. The Hall–Kier alpha value is 4.95. The molecular weight excluding hydrogens is 284 g/mol. The van der Waals surface area contributed by atoms with E-state index in [0.717, 1.165) is 0 Å². The molecule has 7 heteroatoms. The molecule has 0 nitrogen and oxygen atoms in total. The molecular formula is Cl4CuK2. The molecule has 0 aromatic rings. The van der Waals surface area contributed by atoms with E-state index in [9.17, 15) is 0 Å². The van der Waals surface area contributed by atoms with Gasteiger partial charge in [-0.2, -0.15) is 0 Å². The molecule has 0 heterocycles. The van der Waals surface area contributed by atoms with Crippen LogP contribution in [0.1, 0.15) is 0 Å². The minimum absolute atomic E-state index is 0. The largest absolute Gasteiger partial charge is 1.00 e. The molecule has 0 fully saturated rings. The number of hydrogen-bond donors (Lipinski definition) is 0. The smallest absolute Gasteiger partial charge is 1.00 e. The average Bonchev–Trinajstić information content (AvgIpc) is 0.722. The maximum atomic E-state index is 4.90. The quantitative estimate of drug-likeness (QED) is 0.410. The second-order valence-corrected chi connectivity index (χ2v) is 9.59. The van der Waals surface area contributed by atoms with Gasteiger partial charge in [-0.15, -0.1) is 0 Å². The van der Waals surface area contributed by atoms with Crippen molar-refractivity contribution in [2.75, 3.05) is 0 Å². The molecule has 0 spiro atoms. The zero-order valence-corrected chi connectivity index (χ0v) is 14.0. The zero-order chi connectivity index (χ0) is 4.50. The summed E-state index contributed by atoms with van der Waals surface area (Å²) in [5, 5.41) is 0. The summed E-state index contributed by atoms with van der Waals surface area (Å²) >= 11 is 0. The van der Waals surface area contributed by atoms with Crippen molar-refractivity contribution in [3.63, 3.8) is 0 Å². The van der Waals surface area contributed by atoms with Crippen LogP contribution in [0.3, 0.4) is 0 Å². The van der Waals surface area contributed by atoms with E-state index in [1.54, 1.807) is 0 Å². The Labute approximate surface area is 147 Å². The first-order valence-electron chi connectivity index (χ1n) is 0.456. The second-order valence-electron chi connectivity index (χ2n) is 0.258. The molecule has 0 saturated carbocycles. The molecule has 41 valence electrons. The summed E-state index contributed by atoms with van der Waals surface area (Å²) in [6, 6.07) is 0. The van der Waals surface area contributed by atoms with Gasteiger partial charge in [-0.05, 0) is 0 Å². The fourth-order valence-electron chi connectivity index (χ4n) is 0. The molecule has 0 radical (unpaired) electrons. The number of halogens is 4. The van der Waals surface area contributed by atoms with Crippen LogP contribution in [0, 0.1) is 0 Å². The van der Waals surface area contributed by atoms with Gasteiger partial charge in [-0.25, -0.2) is 0 Å². The van der Waals surface area contributed by atoms with Crippen LogP contribution in [-0.4, -0.2) is 0 Å². The first-order chi connectivity index (χ1) is 2.00. The normalized spacial score (nSPS) is 10.9. The van der Waals surface area contributed by atoms with Gasteiger partial charge in [0, 0.05) is 0 Å². The van der Waals surface area contributed by atoms with Crippen molar-refractivity contribution in [3.05, 3.63) is 0 Å². The van der Waals surface area contributed by atoms with Crippen LogP contribution in [-0.2, 0) is 9.20 Å². The minimum Gasteiger partial charge on any atom is 1.00 e. The van der Waals surface area contributed by atoms with E-state index >= 15 is 0 Å². The van der Waals surface area contributed by atoms with Crippen molar-refractivity contribution < 1.29 is 112 Å². The third-order valence-electron chi connectivity index (χ3n) is 0. The Morgan fingerprint density at radius 3 is 0.714 bits per heavy atom. The van der Waals surface area contributed by atoms with E-state index < -0.39 is 9.20 Å². The minimum atomic E-state index is -2.24. The standard InChI is InChI=1S/4ClH.Cu.2K/h4*1H;;;/q;;;;+2;2*+1/p-4. The molecule has 0 amide bonds. The van der Waals surface area contributed by atoms with E-state index in [0.29, 0.717) is 0 Å². The van der Waals surface area contributed by atoms with Gasteiger partial charge in [-0.1, -0.05) is 0 Å². The summed E-state index contributed by atoms with van der Waals surface area (Å²) in [5.74, 6) is 0. The summed E-state index contributed by atoms with van der Waals surface area (Å²) in [7, 11) is 17.4. The first kappa shape index (κ1) is 17.9. The fourth-order valence-corrected chi connectivity index (χ4v) is 0. The third kappa shape index (κ3) is 35.8. The van der Waals surface area contributed by atoms with Crippen LogP contribution < -0.4 is 103 Å². The second kappa shape index (κ2) is 9.04. The summed E-state index contributed by atoms with van der Waals surface area (Å²) in [5.41, 5.74) is 0.